The van der Waals surface area contributed by atoms with Gasteiger partial charge in [0.25, 0.3) is 0 Å². The van der Waals surface area contributed by atoms with E-state index in [4.69, 9.17) is 0 Å². The SMILES string of the molecule is CCC1CCCC1(C)C12CCC1(CC1CCC1)CC2. The minimum absolute atomic E-state index is 0.724. The molecule has 0 bridgehead atoms. The summed E-state index contributed by atoms with van der Waals surface area (Å²) < 4.78 is 0. The van der Waals surface area contributed by atoms with E-state index in [0.717, 1.165) is 28.1 Å². The summed E-state index contributed by atoms with van der Waals surface area (Å²) in [5.41, 5.74) is 2.37. The molecule has 0 aromatic carbocycles. The molecule has 0 aromatic heterocycles. The highest BCUT2D eigenvalue weighted by Crippen LogP contribution is 2.82. The first-order valence-electron chi connectivity index (χ1n) is 9.16. The molecular formula is C19H32. The fourth-order valence-electron chi connectivity index (χ4n) is 7.16. The molecule has 4 rings (SSSR count). The van der Waals surface area contributed by atoms with Gasteiger partial charge in [-0.05, 0) is 73.0 Å². The molecule has 19 heavy (non-hydrogen) atoms. The normalized spacial score (nSPS) is 53.1. The number of hydrogen-bond donors (Lipinski definition) is 0. The lowest BCUT2D eigenvalue weighted by atomic mass is 9.28. The topological polar surface area (TPSA) is 0 Å². The van der Waals surface area contributed by atoms with Gasteiger partial charge >= 0.3 is 0 Å². The number of hydrogen-bond acceptors (Lipinski definition) is 0. The lowest BCUT2D eigenvalue weighted by Crippen LogP contribution is -2.67. The van der Waals surface area contributed by atoms with Crippen molar-refractivity contribution in [1.29, 1.82) is 0 Å². The first-order chi connectivity index (χ1) is 9.16. The van der Waals surface area contributed by atoms with Crippen molar-refractivity contribution >= 4 is 0 Å². The molecule has 0 N–H and O–H groups in total. The minimum Gasteiger partial charge on any atom is -0.0651 e. The molecule has 0 radical (unpaired) electrons. The van der Waals surface area contributed by atoms with Gasteiger partial charge in [0.15, 0.2) is 0 Å². The van der Waals surface area contributed by atoms with Crippen LogP contribution in [-0.2, 0) is 0 Å². The van der Waals surface area contributed by atoms with Crippen LogP contribution < -0.4 is 0 Å². The summed E-state index contributed by atoms with van der Waals surface area (Å²) >= 11 is 0. The first kappa shape index (κ1) is 12.7. The smallest absolute Gasteiger partial charge is 0.0184 e. The molecule has 0 spiro atoms. The zero-order valence-corrected chi connectivity index (χ0v) is 13.1. The van der Waals surface area contributed by atoms with Crippen LogP contribution in [0.5, 0.6) is 0 Å². The zero-order valence-electron chi connectivity index (χ0n) is 13.1. The highest BCUT2D eigenvalue weighted by Gasteiger charge is 2.73. The van der Waals surface area contributed by atoms with E-state index in [1.807, 2.05) is 0 Å². The Morgan fingerprint density at radius 3 is 2.11 bits per heavy atom. The van der Waals surface area contributed by atoms with Crippen molar-refractivity contribution in [3.05, 3.63) is 0 Å². The Hall–Kier alpha value is 0. The Bertz CT molecular complexity index is 356. The zero-order chi connectivity index (χ0) is 13.1. The summed E-state index contributed by atoms with van der Waals surface area (Å²) in [5.74, 6) is 2.18. The largest absolute Gasteiger partial charge is 0.0651 e. The third-order valence-corrected chi connectivity index (χ3v) is 8.72. The van der Waals surface area contributed by atoms with Crippen LogP contribution in [0.4, 0.5) is 0 Å². The maximum Gasteiger partial charge on any atom is -0.0184 e. The fourth-order valence-corrected chi connectivity index (χ4v) is 7.16. The molecule has 4 aliphatic rings. The minimum atomic E-state index is 0.724. The van der Waals surface area contributed by atoms with Crippen molar-refractivity contribution in [2.24, 2.45) is 28.1 Å². The fraction of sp³-hybridized carbons (Fsp3) is 1.00. The third-order valence-electron chi connectivity index (χ3n) is 8.72. The highest BCUT2D eigenvalue weighted by molar-refractivity contribution is 5.22. The van der Waals surface area contributed by atoms with Gasteiger partial charge in [-0.1, -0.05) is 46.0 Å². The van der Waals surface area contributed by atoms with Crippen molar-refractivity contribution in [3.63, 3.8) is 0 Å². The van der Waals surface area contributed by atoms with Crippen molar-refractivity contribution < 1.29 is 0 Å². The van der Waals surface area contributed by atoms with Crippen molar-refractivity contribution in [3.8, 4) is 0 Å². The van der Waals surface area contributed by atoms with Crippen LogP contribution in [0.1, 0.15) is 90.9 Å². The lowest BCUT2D eigenvalue weighted by Gasteiger charge is -2.76. The Labute approximate surface area is 119 Å². The Morgan fingerprint density at radius 1 is 0.895 bits per heavy atom. The molecule has 2 atom stereocenters. The third kappa shape index (κ3) is 1.37. The van der Waals surface area contributed by atoms with Gasteiger partial charge in [0.2, 0.25) is 0 Å². The van der Waals surface area contributed by atoms with E-state index in [2.05, 4.69) is 13.8 Å². The van der Waals surface area contributed by atoms with E-state index >= 15 is 0 Å². The Kier molecular flexibility index (Phi) is 2.69. The predicted octanol–water partition coefficient (Wildman–Crippen LogP) is 5.95. The summed E-state index contributed by atoms with van der Waals surface area (Å²) in [4.78, 5) is 0. The summed E-state index contributed by atoms with van der Waals surface area (Å²) in [6, 6.07) is 0. The quantitative estimate of drug-likeness (QED) is 0.585. The maximum absolute atomic E-state index is 2.71. The monoisotopic (exact) mass is 260 g/mol. The number of rotatable bonds is 4. The van der Waals surface area contributed by atoms with Gasteiger partial charge in [0, 0.05) is 0 Å². The second-order valence-corrected chi connectivity index (χ2v) is 8.78. The average Bonchev–Trinajstić information content (AvgIpc) is 2.72. The van der Waals surface area contributed by atoms with E-state index in [1.165, 1.54) is 25.7 Å². The summed E-state index contributed by atoms with van der Waals surface area (Å²) in [6.07, 6.45) is 18.7. The van der Waals surface area contributed by atoms with Crippen LogP contribution in [0, 0.1) is 28.1 Å². The molecule has 0 saturated heterocycles. The molecule has 0 heterocycles. The Morgan fingerprint density at radius 2 is 1.63 bits per heavy atom. The molecule has 4 saturated carbocycles. The molecule has 4 fully saturated rings. The average molecular weight is 260 g/mol. The summed E-state index contributed by atoms with van der Waals surface area (Å²) in [7, 11) is 0. The summed E-state index contributed by atoms with van der Waals surface area (Å²) in [6.45, 7) is 5.16. The van der Waals surface area contributed by atoms with E-state index in [-0.39, 0.29) is 0 Å². The van der Waals surface area contributed by atoms with E-state index in [1.54, 1.807) is 51.4 Å². The second-order valence-electron chi connectivity index (χ2n) is 8.78. The standard InChI is InChI=1S/C19H32/c1-3-16-8-5-9-17(16,2)19-12-10-18(19,11-13-19)14-15-6-4-7-15/h15-16H,3-14H2,1-2H3. The molecule has 0 amide bonds. The molecular weight excluding hydrogens is 228 g/mol. The van der Waals surface area contributed by atoms with Gasteiger partial charge in [0.1, 0.15) is 0 Å². The van der Waals surface area contributed by atoms with Crippen molar-refractivity contribution in [1.82, 2.24) is 0 Å². The van der Waals surface area contributed by atoms with Crippen LogP contribution >= 0.6 is 0 Å². The van der Waals surface area contributed by atoms with Gasteiger partial charge in [-0.3, -0.25) is 0 Å². The first-order valence-corrected chi connectivity index (χ1v) is 9.16. The molecule has 108 valence electrons. The van der Waals surface area contributed by atoms with E-state index < -0.39 is 0 Å². The second kappa shape index (κ2) is 4.01. The lowest BCUT2D eigenvalue weighted by molar-refractivity contribution is -0.270. The van der Waals surface area contributed by atoms with Crippen LogP contribution in [-0.4, -0.2) is 0 Å². The molecule has 2 unspecified atom stereocenters. The van der Waals surface area contributed by atoms with E-state index in [9.17, 15) is 0 Å². The molecule has 4 aliphatic carbocycles. The molecule has 0 heteroatoms. The predicted molar refractivity (Wildman–Crippen MR) is 81.0 cm³/mol. The number of fused-ring (bicyclic) bond motifs is 1. The van der Waals surface area contributed by atoms with Crippen LogP contribution in [0.15, 0.2) is 0 Å². The van der Waals surface area contributed by atoms with E-state index in [0.29, 0.717) is 0 Å². The van der Waals surface area contributed by atoms with Gasteiger partial charge in [0.05, 0.1) is 0 Å². The molecule has 0 aromatic rings. The maximum atomic E-state index is 2.71. The van der Waals surface area contributed by atoms with Gasteiger partial charge < -0.3 is 0 Å². The summed E-state index contributed by atoms with van der Waals surface area (Å²) in [5, 5.41) is 0. The van der Waals surface area contributed by atoms with Crippen LogP contribution in [0.2, 0.25) is 0 Å². The Balaban J connectivity index is 1.59. The van der Waals surface area contributed by atoms with Crippen molar-refractivity contribution in [2.45, 2.75) is 90.9 Å². The highest BCUT2D eigenvalue weighted by atomic mass is 14.8. The van der Waals surface area contributed by atoms with Crippen LogP contribution in [0.3, 0.4) is 0 Å². The molecule has 0 nitrogen and oxygen atoms in total. The van der Waals surface area contributed by atoms with Gasteiger partial charge in [-0.2, -0.15) is 0 Å². The van der Waals surface area contributed by atoms with Crippen LogP contribution in [0.25, 0.3) is 0 Å². The van der Waals surface area contributed by atoms with Gasteiger partial charge in [-0.25, -0.2) is 0 Å². The molecule has 0 aliphatic heterocycles. The van der Waals surface area contributed by atoms with Crippen molar-refractivity contribution in [2.75, 3.05) is 0 Å². The van der Waals surface area contributed by atoms with Gasteiger partial charge in [-0.15, -0.1) is 0 Å².